The molecular formula is C17H20ClN. The SMILES string of the molecule is CCNC(c1cccc(C)c1)c1ccc(C)c(Cl)c1. The fourth-order valence-electron chi connectivity index (χ4n) is 2.27. The van der Waals surface area contributed by atoms with E-state index in [4.69, 9.17) is 11.6 Å². The summed E-state index contributed by atoms with van der Waals surface area (Å²) in [7, 11) is 0. The zero-order valence-corrected chi connectivity index (χ0v) is 12.5. The summed E-state index contributed by atoms with van der Waals surface area (Å²) in [6, 6.07) is 15.1. The monoisotopic (exact) mass is 273 g/mol. The second-order valence-corrected chi connectivity index (χ2v) is 5.32. The molecule has 2 aromatic carbocycles. The molecule has 19 heavy (non-hydrogen) atoms. The van der Waals surface area contributed by atoms with Gasteiger partial charge in [0.15, 0.2) is 0 Å². The van der Waals surface area contributed by atoms with Gasteiger partial charge in [-0.2, -0.15) is 0 Å². The first-order valence-corrected chi connectivity index (χ1v) is 7.05. The van der Waals surface area contributed by atoms with E-state index < -0.39 is 0 Å². The first kappa shape index (κ1) is 14.1. The molecule has 2 rings (SSSR count). The van der Waals surface area contributed by atoms with Crippen molar-refractivity contribution in [2.45, 2.75) is 26.8 Å². The molecule has 2 aromatic rings. The zero-order valence-electron chi connectivity index (χ0n) is 11.7. The maximum Gasteiger partial charge on any atom is 0.0577 e. The van der Waals surface area contributed by atoms with E-state index in [0.717, 1.165) is 17.1 Å². The molecule has 0 radical (unpaired) electrons. The summed E-state index contributed by atoms with van der Waals surface area (Å²) in [5, 5.41) is 4.36. The van der Waals surface area contributed by atoms with Gasteiger partial charge in [-0.1, -0.05) is 60.5 Å². The Bertz CT molecular complexity index is 563. The van der Waals surface area contributed by atoms with Crippen LogP contribution in [-0.4, -0.2) is 6.54 Å². The van der Waals surface area contributed by atoms with Gasteiger partial charge in [-0.05, 0) is 43.1 Å². The second kappa shape index (κ2) is 6.23. The lowest BCUT2D eigenvalue weighted by Gasteiger charge is -2.20. The van der Waals surface area contributed by atoms with Gasteiger partial charge < -0.3 is 5.32 Å². The lowest BCUT2D eigenvalue weighted by Crippen LogP contribution is -2.22. The lowest BCUT2D eigenvalue weighted by atomic mass is 9.96. The molecule has 0 fully saturated rings. The van der Waals surface area contributed by atoms with Crippen molar-refractivity contribution in [1.82, 2.24) is 5.32 Å². The molecule has 0 aromatic heterocycles. The summed E-state index contributed by atoms with van der Waals surface area (Å²) in [6.07, 6.45) is 0. The van der Waals surface area contributed by atoms with Crippen molar-refractivity contribution < 1.29 is 0 Å². The van der Waals surface area contributed by atoms with Gasteiger partial charge in [-0.25, -0.2) is 0 Å². The predicted molar refractivity (Wildman–Crippen MR) is 82.9 cm³/mol. The van der Waals surface area contributed by atoms with Crippen LogP contribution in [0, 0.1) is 13.8 Å². The van der Waals surface area contributed by atoms with Gasteiger partial charge in [0, 0.05) is 5.02 Å². The van der Waals surface area contributed by atoms with Crippen molar-refractivity contribution in [2.24, 2.45) is 0 Å². The third-order valence-electron chi connectivity index (χ3n) is 3.31. The Balaban J connectivity index is 2.42. The Labute approximate surface area is 120 Å². The van der Waals surface area contributed by atoms with Crippen LogP contribution in [0.3, 0.4) is 0 Å². The van der Waals surface area contributed by atoms with Crippen molar-refractivity contribution in [3.8, 4) is 0 Å². The minimum atomic E-state index is 0.197. The van der Waals surface area contributed by atoms with E-state index in [1.807, 2.05) is 6.92 Å². The van der Waals surface area contributed by atoms with Gasteiger partial charge in [0.05, 0.1) is 6.04 Å². The molecule has 0 saturated heterocycles. The standard InChI is InChI=1S/C17H20ClN/c1-4-19-17(14-7-5-6-12(2)10-14)15-9-8-13(3)16(18)11-15/h5-11,17,19H,4H2,1-3H3. The van der Waals surface area contributed by atoms with E-state index in [-0.39, 0.29) is 6.04 Å². The minimum Gasteiger partial charge on any atom is -0.307 e. The number of halogens is 1. The third kappa shape index (κ3) is 3.37. The topological polar surface area (TPSA) is 12.0 Å². The Kier molecular flexibility index (Phi) is 4.62. The van der Waals surface area contributed by atoms with Gasteiger partial charge in [0.1, 0.15) is 0 Å². The molecule has 1 unspecified atom stereocenters. The lowest BCUT2D eigenvalue weighted by molar-refractivity contribution is 0.630. The van der Waals surface area contributed by atoms with Crippen LogP contribution < -0.4 is 5.32 Å². The third-order valence-corrected chi connectivity index (χ3v) is 3.72. The Hall–Kier alpha value is -1.31. The number of benzene rings is 2. The van der Waals surface area contributed by atoms with Crippen LogP contribution in [0.1, 0.15) is 35.2 Å². The van der Waals surface area contributed by atoms with Crippen LogP contribution in [0.5, 0.6) is 0 Å². The average molecular weight is 274 g/mol. The minimum absolute atomic E-state index is 0.197. The average Bonchev–Trinajstić information content (AvgIpc) is 2.39. The van der Waals surface area contributed by atoms with Gasteiger partial charge in [-0.15, -0.1) is 0 Å². The van der Waals surface area contributed by atoms with Gasteiger partial charge in [0.2, 0.25) is 0 Å². The fourth-order valence-corrected chi connectivity index (χ4v) is 2.46. The molecule has 0 spiro atoms. The summed E-state index contributed by atoms with van der Waals surface area (Å²) >= 11 is 6.25. The van der Waals surface area contributed by atoms with Crippen molar-refractivity contribution in [1.29, 1.82) is 0 Å². The van der Waals surface area contributed by atoms with E-state index in [1.54, 1.807) is 0 Å². The predicted octanol–water partition coefficient (Wildman–Crippen LogP) is 4.66. The van der Waals surface area contributed by atoms with Gasteiger partial charge >= 0.3 is 0 Å². The maximum absolute atomic E-state index is 6.25. The van der Waals surface area contributed by atoms with E-state index in [1.165, 1.54) is 16.7 Å². The highest BCUT2D eigenvalue weighted by Crippen LogP contribution is 2.26. The number of aryl methyl sites for hydroxylation is 2. The van der Waals surface area contributed by atoms with Crippen molar-refractivity contribution >= 4 is 11.6 Å². The van der Waals surface area contributed by atoms with E-state index in [9.17, 15) is 0 Å². The van der Waals surface area contributed by atoms with Crippen LogP contribution in [0.25, 0.3) is 0 Å². The molecule has 0 amide bonds. The van der Waals surface area contributed by atoms with Crippen LogP contribution in [0.15, 0.2) is 42.5 Å². The summed E-state index contributed by atoms with van der Waals surface area (Å²) in [5.41, 5.74) is 4.88. The molecule has 2 heteroatoms. The summed E-state index contributed by atoms with van der Waals surface area (Å²) in [4.78, 5) is 0. The van der Waals surface area contributed by atoms with Crippen molar-refractivity contribution in [3.05, 3.63) is 69.7 Å². The summed E-state index contributed by atoms with van der Waals surface area (Å²) < 4.78 is 0. The van der Waals surface area contributed by atoms with Crippen molar-refractivity contribution in [2.75, 3.05) is 6.54 Å². The highest BCUT2D eigenvalue weighted by molar-refractivity contribution is 6.31. The molecule has 0 heterocycles. The summed E-state index contributed by atoms with van der Waals surface area (Å²) in [6.45, 7) is 7.19. The largest absolute Gasteiger partial charge is 0.307 e. The molecule has 0 aliphatic carbocycles. The smallest absolute Gasteiger partial charge is 0.0577 e. The Morgan fingerprint density at radius 2 is 1.79 bits per heavy atom. The van der Waals surface area contributed by atoms with Crippen LogP contribution in [0.2, 0.25) is 5.02 Å². The van der Waals surface area contributed by atoms with E-state index in [2.05, 4.69) is 61.6 Å². The number of rotatable bonds is 4. The van der Waals surface area contributed by atoms with Crippen LogP contribution >= 0.6 is 11.6 Å². The molecule has 0 bridgehead atoms. The second-order valence-electron chi connectivity index (χ2n) is 4.91. The number of nitrogens with one attached hydrogen (secondary N) is 1. The highest BCUT2D eigenvalue weighted by Gasteiger charge is 2.13. The molecule has 0 aliphatic rings. The molecule has 100 valence electrons. The molecule has 0 saturated carbocycles. The van der Waals surface area contributed by atoms with Crippen LogP contribution in [-0.2, 0) is 0 Å². The first-order valence-electron chi connectivity index (χ1n) is 6.68. The van der Waals surface area contributed by atoms with Gasteiger partial charge in [-0.3, -0.25) is 0 Å². The Morgan fingerprint density at radius 3 is 2.42 bits per heavy atom. The fraction of sp³-hybridized carbons (Fsp3) is 0.294. The van der Waals surface area contributed by atoms with Crippen LogP contribution in [0.4, 0.5) is 0 Å². The zero-order chi connectivity index (χ0) is 13.8. The molecule has 1 atom stereocenters. The Morgan fingerprint density at radius 1 is 1.05 bits per heavy atom. The first-order chi connectivity index (χ1) is 9.11. The molecular weight excluding hydrogens is 254 g/mol. The number of hydrogen-bond donors (Lipinski definition) is 1. The summed E-state index contributed by atoms with van der Waals surface area (Å²) in [5.74, 6) is 0. The normalized spacial score (nSPS) is 12.4. The molecule has 1 N–H and O–H groups in total. The maximum atomic E-state index is 6.25. The van der Waals surface area contributed by atoms with Gasteiger partial charge in [0.25, 0.3) is 0 Å². The quantitative estimate of drug-likeness (QED) is 0.855. The number of hydrogen-bond acceptors (Lipinski definition) is 1. The van der Waals surface area contributed by atoms with E-state index >= 15 is 0 Å². The molecule has 1 nitrogen and oxygen atoms in total. The van der Waals surface area contributed by atoms with Crippen molar-refractivity contribution in [3.63, 3.8) is 0 Å². The van der Waals surface area contributed by atoms with E-state index in [0.29, 0.717) is 0 Å². The highest BCUT2D eigenvalue weighted by atomic mass is 35.5. The molecule has 0 aliphatic heterocycles.